The molecule has 2 aromatic rings. The van der Waals surface area contributed by atoms with Gasteiger partial charge >= 0.3 is 5.97 Å². The van der Waals surface area contributed by atoms with Crippen molar-refractivity contribution in [1.82, 2.24) is 0 Å². The topological polar surface area (TPSA) is 72.5 Å². The van der Waals surface area contributed by atoms with E-state index in [0.29, 0.717) is 28.2 Å². The van der Waals surface area contributed by atoms with E-state index in [9.17, 15) is 9.18 Å². The van der Waals surface area contributed by atoms with E-state index in [1.165, 1.54) is 13.2 Å². The molecule has 4 nitrogen and oxygen atoms in total. The van der Waals surface area contributed by atoms with Crippen LogP contribution >= 0.6 is 11.3 Å². The minimum atomic E-state index is -1.10. The Hall–Kier alpha value is -2.08. The highest BCUT2D eigenvalue weighted by Crippen LogP contribution is 2.40. The molecule has 0 bridgehead atoms. The van der Waals surface area contributed by atoms with Crippen molar-refractivity contribution in [2.45, 2.75) is 13.3 Å². The van der Waals surface area contributed by atoms with Gasteiger partial charge in [0.1, 0.15) is 16.4 Å². The van der Waals surface area contributed by atoms with Crippen LogP contribution in [0.3, 0.4) is 0 Å². The van der Waals surface area contributed by atoms with Crippen LogP contribution < -0.4 is 10.5 Å². The van der Waals surface area contributed by atoms with E-state index in [-0.39, 0.29) is 10.6 Å². The number of hydrogen-bond acceptors (Lipinski definition) is 4. The third kappa shape index (κ3) is 2.34. The number of aromatic carboxylic acids is 1. The number of methoxy groups -OCH3 is 1. The van der Waals surface area contributed by atoms with Crippen molar-refractivity contribution in [3.8, 4) is 16.2 Å². The van der Waals surface area contributed by atoms with Crippen LogP contribution in [-0.2, 0) is 6.42 Å². The molecule has 1 heterocycles. The lowest BCUT2D eigenvalue weighted by Gasteiger charge is -2.06. The molecule has 0 spiro atoms. The van der Waals surface area contributed by atoms with Gasteiger partial charge in [0, 0.05) is 16.5 Å². The maximum atomic E-state index is 14.1. The molecule has 1 aromatic heterocycles. The Morgan fingerprint density at radius 3 is 2.70 bits per heavy atom. The van der Waals surface area contributed by atoms with Gasteiger partial charge in [0.2, 0.25) is 0 Å². The normalized spacial score (nSPS) is 10.6. The lowest BCUT2D eigenvalue weighted by atomic mass is 10.1. The molecule has 0 radical (unpaired) electrons. The zero-order valence-electron chi connectivity index (χ0n) is 11.1. The highest BCUT2D eigenvalue weighted by atomic mass is 32.1. The number of rotatable bonds is 4. The average molecular weight is 295 g/mol. The number of thiophene rings is 1. The van der Waals surface area contributed by atoms with Crippen LogP contribution in [0.15, 0.2) is 18.2 Å². The SMILES string of the molecule is CCc1c(-c2ccc(OC)cc2F)sc(C(=O)O)c1N. The average Bonchev–Trinajstić information content (AvgIpc) is 2.75. The number of anilines is 1. The van der Waals surface area contributed by atoms with Crippen molar-refractivity contribution in [3.63, 3.8) is 0 Å². The van der Waals surface area contributed by atoms with Gasteiger partial charge in [0.15, 0.2) is 0 Å². The molecule has 0 saturated carbocycles. The molecule has 0 atom stereocenters. The summed E-state index contributed by atoms with van der Waals surface area (Å²) in [5, 5.41) is 9.11. The van der Waals surface area contributed by atoms with Crippen molar-refractivity contribution in [2.75, 3.05) is 12.8 Å². The van der Waals surface area contributed by atoms with E-state index in [4.69, 9.17) is 15.6 Å². The summed E-state index contributed by atoms with van der Waals surface area (Å²) in [5.41, 5.74) is 7.06. The fourth-order valence-electron chi connectivity index (χ4n) is 2.01. The van der Waals surface area contributed by atoms with Crippen molar-refractivity contribution in [2.24, 2.45) is 0 Å². The number of benzene rings is 1. The van der Waals surface area contributed by atoms with E-state index in [1.54, 1.807) is 12.1 Å². The largest absolute Gasteiger partial charge is 0.497 e. The first-order chi connectivity index (χ1) is 9.49. The van der Waals surface area contributed by atoms with Gasteiger partial charge in [-0.1, -0.05) is 6.92 Å². The fraction of sp³-hybridized carbons (Fsp3) is 0.214. The number of carbonyl (C=O) groups is 1. The van der Waals surface area contributed by atoms with E-state index in [0.717, 1.165) is 11.3 Å². The van der Waals surface area contributed by atoms with Gasteiger partial charge in [-0.15, -0.1) is 11.3 Å². The second-order valence-corrected chi connectivity index (χ2v) is 5.18. The summed E-state index contributed by atoms with van der Waals surface area (Å²) in [7, 11) is 1.46. The minimum Gasteiger partial charge on any atom is -0.497 e. The molecule has 6 heteroatoms. The van der Waals surface area contributed by atoms with Gasteiger partial charge in [-0.05, 0) is 24.1 Å². The van der Waals surface area contributed by atoms with Crippen LogP contribution in [0.2, 0.25) is 0 Å². The minimum absolute atomic E-state index is 0.0482. The number of ether oxygens (including phenoxy) is 1. The van der Waals surface area contributed by atoms with Gasteiger partial charge < -0.3 is 15.6 Å². The monoisotopic (exact) mass is 295 g/mol. The Balaban J connectivity index is 2.63. The highest BCUT2D eigenvalue weighted by molar-refractivity contribution is 7.18. The number of carboxylic acids is 1. The van der Waals surface area contributed by atoms with Crippen molar-refractivity contribution in [1.29, 1.82) is 0 Å². The number of hydrogen-bond donors (Lipinski definition) is 2. The first kappa shape index (κ1) is 14.3. The summed E-state index contributed by atoms with van der Waals surface area (Å²) in [4.78, 5) is 11.7. The maximum Gasteiger partial charge on any atom is 0.348 e. The zero-order valence-corrected chi connectivity index (χ0v) is 11.9. The Morgan fingerprint density at radius 1 is 1.50 bits per heavy atom. The smallest absolute Gasteiger partial charge is 0.348 e. The quantitative estimate of drug-likeness (QED) is 0.906. The molecular weight excluding hydrogens is 281 g/mol. The van der Waals surface area contributed by atoms with Gasteiger partial charge in [-0.3, -0.25) is 0 Å². The van der Waals surface area contributed by atoms with Crippen LogP contribution in [0.1, 0.15) is 22.2 Å². The van der Waals surface area contributed by atoms with Gasteiger partial charge in [0.05, 0.1) is 12.8 Å². The predicted octanol–water partition coefficient (Wildman–Crippen LogP) is 3.41. The lowest BCUT2D eigenvalue weighted by Crippen LogP contribution is -1.99. The molecule has 2 rings (SSSR count). The fourth-order valence-corrected chi connectivity index (χ4v) is 3.19. The first-order valence-corrected chi connectivity index (χ1v) is 6.79. The Morgan fingerprint density at radius 2 is 2.20 bits per heavy atom. The van der Waals surface area contributed by atoms with E-state index in [1.807, 2.05) is 6.92 Å². The van der Waals surface area contributed by atoms with Crippen LogP contribution in [0.4, 0.5) is 10.1 Å². The van der Waals surface area contributed by atoms with Crippen molar-refractivity contribution in [3.05, 3.63) is 34.5 Å². The standard InChI is InChI=1S/C14H14FNO3S/c1-3-8-11(16)13(14(17)18)20-12(8)9-5-4-7(19-2)6-10(9)15/h4-6H,3,16H2,1-2H3,(H,17,18). The van der Waals surface area contributed by atoms with Crippen LogP contribution in [0.25, 0.3) is 10.4 Å². The molecule has 106 valence electrons. The number of nitrogen functional groups attached to an aromatic ring is 1. The summed E-state index contributed by atoms with van der Waals surface area (Å²) in [6, 6.07) is 4.48. The van der Waals surface area contributed by atoms with E-state index in [2.05, 4.69) is 0 Å². The summed E-state index contributed by atoms with van der Waals surface area (Å²) in [6.45, 7) is 1.86. The summed E-state index contributed by atoms with van der Waals surface area (Å²) < 4.78 is 19.1. The van der Waals surface area contributed by atoms with Crippen molar-refractivity contribution >= 4 is 23.0 Å². The maximum absolute atomic E-state index is 14.1. The Kier molecular flexibility index (Phi) is 3.94. The Labute approximate surface area is 119 Å². The van der Waals surface area contributed by atoms with Crippen LogP contribution in [0, 0.1) is 5.82 Å². The molecule has 3 N–H and O–H groups in total. The van der Waals surface area contributed by atoms with Crippen LogP contribution in [0.5, 0.6) is 5.75 Å². The number of halogens is 1. The first-order valence-electron chi connectivity index (χ1n) is 5.97. The van der Waals surface area contributed by atoms with Crippen molar-refractivity contribution < 1.29 is 19.0 Å². The summed E-state index contributed by atoms with van der Waals surface area (Å²) in [5.74, 6) is -1.15. The highest BCUT2D eigenvalue weighted by Gasteiger charge is 2.22. The van der Waals surface area contributed by atoms with E-state index >= 15 is 0 Å². The van der Waals surface area contributed by atoms with Crippen LogP contribution in [-0.4, -0.2) is 18.2 Å². The summed E-state index contributed by atoms with van der Waals surface area (Å²) in [6.07, 6.45) is 0.538. The third-order valence-electron chi connectivity index (χ3n) is 3.02. The predicted molar refractivity (Wildman–Crippen MR) is 77.0 cm³/mol. The molecule has 0 saturated heterocycles. The molecule has 1 aromatic carbocycles. The van der Waals surface area contributed by atoms with Gasteiger partial charge in [0.25, 0.3) is 0 Å². The second-order valence-electron chi connectivity index (χ2n) is 4.16. The summed E-state index contributed by atoms with van der Waals surface area (Å²) >= 11 is 0.994. The molecule has 20 heavy (non-hydrogen) atoms. The molecule has 0 unspecified atom stereocenters. The van der Waals surface area contributed by atoms with Gasteiger partial charge in [-0.25, -0.2) is 9.18 Å². The zero-order chi connectivity index (χ0) is 14.9. The molecule has 0 amide bonds. The molecule has 0 aliphatic carbocycles. The second kappa shape index (κ2) is 5.50. The Bertz CT molecular complexity index is 667. The van der Waals surface area contributed by atoms with Gasteiger partial charge in [-0.2, -0.15) is 0 Å². The van der Waals surface area contributed by atoms with E-state index < -0.39 is 11.8 Å². The third-order valence-corrected chi connectivity index (χ3v) is 4.29. The molecule has 0 aliphatic heterocycles. The number of carboxylic acid groups (broad SMARTS) is 1. The number of nitrogens with two attached hydrogens (primary N) is 1. The lowest BCUT2D eigenvalue weighted by molar-refractivity contribution is 0.0703. The molecule has 0 fully saturated rings. The molecular formula is C14H14FNO3S. The molecule has 0 aliphatic rings.